The van der Waals surface area contributed by atoms with Crippen LogP contribution in [-0.4, -0.2) is 48.3 Å². The van der Waals surface area contributed by atoms with Crippen molar-refractivity contribution >= 4 is 21.6 Å². The maximum atomic E-state index is 9.23. The van der Waals surface area contributed by atoms with Crippen molar-refractivity contribution in [1.82, 2.24) is 0 Å². The molecule has 0 amide bonds. The molecule has 0 spiro atoms. The lowest BCUT2D eigenvalue weighted by Gasteiger charge is -2.26. The van der Waals surface area contributed by atoms with Gasteiger partial charge in [0.05, 0.1) is 32.0 Å². The number of hydrogen-bond donors (Lipinski definition) is 2. The zero-order valence-electron chi connectivity index (χ0n) is 11.6. The molecule has 1 aliphatic heterocycles. The van der Waals surface area contributed by atoms with Gasteiger partial charge in [-0.15, -0.1) is 0 Å². The third kappa shape index (κ3) is 7.39. The Kier molecular flexibility index (Phi) is 7.49. The molecule has 0 aliphatic carbocycles. The first-order valence-electron chi connectivity index (χ1n) is 6.16. The van der Waals surface area contributed by atoms with Crippen molar-refractivity contribution in [1.29, 1.82) is 0 Å². The summed E-state index contributed by atoms with van der Waals surface area (Å²) < 4.78 is 11.2. The van der Waals surface area contributed by atoms with Gasteiger partial charge in [0.1, 0.15) is 6.10 Å². The average molecular weight is 306 g/mol. The van der Waals surface area contributed by atoms with E-state index in [0.29, 0.717) is 13.2 Å². The van der Waals surface area contributed by atoms with Crippen LogP contribution in [0.4, 0.5) is 0 Å². The molecular formula is C13H22O4S2. The summed E-state index contributed by atoms with van der Waals surface area (Å²) in [6, 6.07) is 0. The Balaban J connectivity index is 2.30. The fourth-order valence-corrected chi connectivity index (χ4v) is 3.34. The van der Waals surface area contributed by atoms with E-state index < -0.39 is 0 Å². The number of aliphatic hydroxyl groups excluding tert-OH is 2. The molecule has 1 rings (SSSR count). The Morgan fingerprint density at radius 2 is 1.79 bits per heavy atom. The number of hydrogen-bond acceptors (Lipinski definition) is 6. The van der Waals surface area contributed by atoms with Gasteiger partial charge in [-0.25, -0.2) is 0 Å². The lowest BCUT2D eigenvalue weighted by Crippen LogP contribution is -2.33. The third-order valence-electron chi connectivity index (χ3n) is 2.14. The molecule has 110 valence electrons. The molecule has 0 aromatic rings. The third-order valence-corrected chi connectivity index (χ3v) is 4.70. The van der Waals surface area contributed by atoms with Crippen LogP contribution in [-0.2, 0) is 9.47 Å². The van der Waals surface area contributed by atoms with Crippen LogP contribution in [0.2, 0.25) is 0 Å². The second kappa shape index (κ2) is 8.34. The lowest BCUT2D eigenvalue weighted by atomic mass is 10.2. The van der Waals surface area contributed by atoms with Gasteiger partial charge in [0.25, 0.3) is 0 Å². The fraction of sp³-hybridized carbons (Fsp3) is 0.692. The van der Waals surface area contributed by atoms with Crippen molar-refractivity contribution in [2.75, 3.05) is 26.4 Å². The van der Waals surface area contributed by atoms with Crippen LogP contribution in [0.3, 0.4) is 0 Å². The smallest absolute Gasteiger partial charge is 0.105 e. The second-order valence-corrected chi connectivity index (χ2v) is 7.52. The zero-order chi connectivity index (χ0) is 14.3. The summed E-state index contributed by atoms with van der Waals surface area (Å²) in [5, 5.41) is 18.2. The van der Waals surface area contributed by atoms with Crippen LogP contribution in [0, 0.1) is 0 Å². The van der Waals surface area contributed by atoms with Gasteiger partial charge in [-0.1, -0.05) is 21.6 Å². The molecule has 6 heteroatoms. The summed E-state index contributed by atoms with van der Waals surface area (Å²) in [7, 11) is 3.13. The van der Waals surface area contributed by atoms with Gasteiger partial charge in [-0.2, -0.15) is 0 Å². The Morgan fingerprint density at radius 1 is 1.16 bits per heavy atom. The SMILES string of the molecule is CC(C)(C)OC(CO)COCC1=CC=C(CO)SS1. The van der Waals surface area contributed by atoms with E-state index in [0.717, 1.165) is 9.81 Å². The Bertz CT molecular complexity index is 334. The van der Waals surface area contributed by atoms with Gasteiger partial charge in [-0.05, 0) is 32.9 Å². The normalized spacial score (nSPS) is 17.9. The molecule has 0 aromatic heterocycles. The molecule has 1 unspecified atom stereocenters. The van der Waals surface area contributed by atoms with Crippen LogP contribution < -0.4 is 0 Å². The predicted molar refractivity (Wildman–Crippen MR) is 81.0 cm³/mol. The largest absolute Gasteiger partial charge is 0.394 e. The van der Waals surface area contributed by atoms with E-state index in [1.807, 2.05) is 32.9 Å². The molecule has 0 saturated carbocycles. The van der Waals surface area contributed by atoms with E-state index in [1.54, 1.807) is 21.6 Å². The number of allylic oxidation sites excluding steroid dienone is 2. The first-order chi connectivity index (χ1) is 8.94. The van der Waals surface area contributed by atoms with E-state index in [9.17, 15) is 5.11 Å². The second-order valence-electron chi connectivity index (χ2n) is 5.14. The monoisotopic (exact) mass is 306 g/mol. The Morgan fingerprint density at radius 3 is 2.26 bits per heavy atom. The maximum absolute atomic E-state index is 9.23. The van der Waals surface area contributed by atoms with E-state index in [-0.39, 0.29) is 24.9 Å². The predicted octanol–water partition coefficient (Wildman–Crippen LogP) is 2.33. The van der Waals surface area contributed by atoms with Crippen LogP contribution in [0.1, 0.15) is 20.8 Å². The molecule has 2 N–H and O–H groups in total. The minimum Gasteiger partial charge on any atom is -0.394 e. The van der Waals surface area contributed by atoms with E-state index >= 15 is 0 Å². The van der Waals surface area contributed by atoms with Crippen molar-refractivity contribution in [3.05, 3.63) is 22.0 Å². The molecule has 4 nitrogen and oxygen atoms in total. The highest BCUT2D eigenvalue weighted by atomic mass is 33.1. The molecule has 0 radical (unpaired) electrons. The maximum Gasteiger partial charge on any atom is 0.105 e. The van der Waals surface area contributed by atoms with Crippen LogP contribution >= 0.6 is 21.6 Å². The van der Waals surface area contributed by atoms with Crippen LogP contribution in [0.25, 0.3) is 0 Å². The van der Waals surface area contributed by atoms with Gasteiger partial charge in [-0.3, -0.25) is 0 Å². The topological polar surface area (TPSA) is 58.9 Å². The molecular weight excluding hydrogens is 284 g/mol. The molecule has 0 fully saturated rings. The first kappa shape index (κ1) is 17.1. The highest BCUT2D eigenvalue weighted by Gasteiger charge is 2.18. The van der Waals surface area contributed by atoms with Crippen molar-refractivity contribution < 1.29 is 19.7 Å². The molecule has 0 bridgehead atoms. The van der Waals surface area contributed by atoms with Crippen LogP contribution in [0.15, 0.2) is 22.0 Å². The zero-order valence-corrected chi connectivity index (χ0v) is 13.2. The summed E-state index contributed by atoms with van der Waals surface area (Å²) in [5.74, 6) is 0. The Hall–Kier alpha value is 0.0200. The number of rotatable bonds is 7. The van der Waals surface area contributed by atoms with E-state index in [4.69, 9.17) is 14.6 Å². The molecule has 0 saturated heterocycles. The van der Waals surface area contributed by atoms with Gasteiger partial charge < -0.3 is 19.7 Å². The van der Waals surface area contributed by atoms with Gasteiger partial charge in [0.15, 0.2) is 0 Å². The van der Waals surface area contributed by atoms with Gasteiger partial charge in [0, 0.05) is 9.81 Å². The van der Waals surface area contributed by atoms with E-state index in [2.05, 4.69) is 0 Å². The molecule has 0 aromatic carbocycles. The van der Waals surface area contributed by atoms with Crippen molar-refractivity contribution in [3.8, 4) is 0 Å². The molecule has 1 heterocycles. The number of ether oxygens (including phenoxy) is 2. The molecule has 1 aliphatic rings. The summed E-state index contributed by atoms with van der Waals surface area (Å²) in [6.45, 7) is 6.75. The average Bonchev–Trinajstić information content (AvgIpc) is 2.37. The van der Waals surface area contributed by atoms with Gasteiger partial charge in [0.2, 0.25) is 0 Å². The van der Waals surface area contributed by atoms with Crippen molar-refractivity contribution in [3.63, 3.8) is 0 Å². The summed E-state index contributed by atoms with van der Waals surface area (Å²) in [4.78, 5) is 2.03. The summed E-state index contributed by atoms with van der Waals surface area (Å²) >= 11 is 0. The first-order valence-corrected chi connectivity index (χ1v) is 8.31. The molecule has 1 atom stereocenters. The van der Waals surface area contributed by atoms with Crippen LogP contribution in [0.5, 0.6) is 0 Å². The summed E-state index contributed by atoms with van der Waals surface area (Å²) in [6.07, 6.45) is 3.55. The number of aliphatic hydroxyl groups is 2. The molecule has 19 heavy (non-hydrogen) atoms. The van der Waals surface area contributed by atoms with Crippen molar-refractivity contribution in [2.24, 2.45) is 0 Å². The fourth-order valence-electron chi connectivity index (χ4n) is 1.41. The lowest BCUT2D eigenvalue weighted by molar-refractivity contribution is -0.107. The van der Waals surface area contributed by atoms with Gasteiger partial charge >= 0.3 is 0 Å². The minimum absolute atomic E-state index is 0.0488. The standard InChI is InChI=1S/C13H22O4S2/c1-13(2,3)17-10(6-14)8-16-9-12-5-4-11(7-15)18-19-12/h4-5,10,14-15H,6-9H2,1-3H3. The highest BCUT2D eigenvalue weighted by Crippen LogP contribution is 2.39. The minimum atomic E-state index is -0.301. The Labute approximate surface area is 122 Å². The quantitative estimate of drug-likeness (QED) is 0.704. The highest BCUT2D eigenvalue weighted by molar-refractivity contribution is 8.79. The van der Waals surface area contributed by atoms with E-state index in [1.165, 1.54) is 0 Å². The summed E-state index contributed by atoms with van der Waals surface area (Å²) in [5.41, 5.74) is -0.287. The van der Waals surface area contributed by atoms with Crippen molar-refractivity contribution in [2.45, 2.75) is 32.5 Å².